The highest BCUT2D eigenvalue weighted by molar-refractivity contribution is 7.78. The second-order valence-electron chi connectivity index (χ2n) is 3.36. The van der Waals surface area contributed by atoms with Crippen LogP contribution in [-0.4, -0.2) is 11.2 Å². The highest BCUT2D eigenvalue weighted by Crippen LogP contribution is 2.27. The van der Waals surface area contributed by atoms with Crippen molar-refractivity contribution in [2.24, 2.45) is 10.9 Å². The first-order chi connectivity index (χ1) is 5.34. The fraction of sp³-hybridized carbons (Fsp3) is 0.889. The predicted molar refractivity (Wildman–Crippen MR) is 51.1 cm³/mol. The van der Waals surface area contributed by atoms with E-state index in [1.165, 1.54) is 32.1 Å². The molecule has 0 amide bonds. The topological polar surface area (TPSA) is 12.4 Å². The van der Waals surface area contributed by atoms with E-state index < -0.39 is 0 Å². The van der Waals surface area contributed by atoms with E-state index in [-0.39, 0.29) is 0 Å². The molecular formula is C9H15NS. The number of thiocarbonyl (C=S) groups is 1. The second-order valence-corrected chi connectivity index (χ2v) is 3.54. The monoisotopic (exact) mass is 169 g/mol. The number of nitrogens with zero attached hydrogens (tertiary/aromatic N) is 1. The Hall–Kier alpha value is -0.200. The smallest absolute Gasteiger partial charge is 0.0602 e. The van der Waals surface area contributed by atoms with Gasteiger partial charge in [0.1, 0.15) is 0 Å². The molecule has 0 radical (unpaired) electrons. The SMILES string of the molecule is C[C@H](N=C=S)C1CCCCC1. The van der Waals surface area contributed by atoms with Gasteiger partial charge in [-0.15, -0.1) is 0 Å². The van der Waals surface area contributed by atoms with Crippen molar-refractivity contribution >= 4 is 17.4 Å². The third-order valence-electron chi connectivity index (χ3n) is 2.59. The summed E-state index contributed by atoms with van der Waals surface area (Å²) in [5.74, 6) is 0.777. The van der Waals surface area contributed by atoms with Crippen LogP contribution in [0.1, 0.15) is 39.0 Å². The van der Waals surface area contributed by atoms with Crippen molar-refractivity contribution in [3.05, 3.63) is 0 Å². The molecule has 1 nitrogen and oxygen atoms in total. The van der Waals surface area contributed by atoms with Gasteiger partial charge < -0.3 is 0 Å². The van der Waals surface area contributed by atoms with Crippen molar-refractivity contribution < 1.29 is 0 Å². The lowest BCUT2D eigenvalue weighted by molar-refractivity contribution is 0.318. The predicted octanol–water partition coefficient (Wildman–Crippen LogP) is 3.06. The third kappa shape index (κ3) is 2.72. The van der Waals surface area contributed by atoms with Crippen molar-refractivity contribution in [1.29, 1.82) is 0 Å². The fourth-order valence-electron chi connectivity index (χ4n) is 1.81. The molecule has 0 N–H and O–H groups in total. The van der Waals surface area contributed by atoms with Crippen LogP contribution in [0.2, 0.25) is 0 Å². The molecule has 1 rings (SSSR count). The Morgan fingerprint density at radius 1 is 1.36 bits per heavy atom. The second kappa shape index (κ2) is 4.63. The molecule has 0 aromatic carbocycles. The maximum absolute atomic E-state index is 4.58. The first kappa shape index (κ1) is 8.89. The molecule has 0 aliphatic heterocycles. The standard InChI is InChI=1S/C9H15NS/c1-8(10-7-11)9-5-3-2-4-6-9/h8-9H,2-6H2,1H3/t8-/m0/s1. The molecule has 1 atom stereocenters. The molecule has 1 fully saturated rings. The number of isothiocyanates is 1. The van der Waals surface area contributed by atoms with Crippen molar-refractivity contribution in [2.75, 3.05) is 0 Å². The van der Waals surface area contributed by atoms with E-state index in [1.54, 1.807) is 0 Å². The minimum absolute atomic E-state index is 0.410. The Balaban J connectivity index is 2.38. The summed E-state index contributed by atoms with van der Waals surface area (Å²) in [4.78, 5) is 4.11. The third-order valence-corrected chi connectivity index (χ3v) is 2.69. The van der Waals surface area contributed by atoms with Crippen LogP contribution >= 0.6 is 12.2 Å². The van der Waals surface area contributed by atoms with Crippen LogP contribution in [0.25, 0.3) is 0 Å². The van der Waals surface area contributed by atoms with E-state index in [4.69, 9.17) is 0 Å². The molecule has 11 heavy (non-hydrogen) atoms. The van der Waals surface area contributed by atoms with Gasteiger partial charge in [0.05, 0.1) is 11.2 Å². The van der Waals surface area contributed by atoms with Crippen LogP contribution in [0.5, 0.6) is 0 Å². The summed E-state index contributed by atoms with van der Waals surface area (Å²) < 4.78 is 0. The molecule has 0 saturated heterocycles. The molecule has 0 aromatic heterocycles. The highest BCUT2D eigenvalue weighted by atomic mass is 32.1. The summed E-state index contributed by atoms with van der Waals surface area (Å²) in [7, 11) is 0. The van der Waals surface area contributed by atoms with Crippen molar-refractivity contribution in [3.63, 3.8) is 0 Å². The number of hydrogen-bond acceptors (Lipinski definition) is 2. The van der Waals surface area contributed by atoms with Crippen LogP contribution in [0.3, 0.4) is 0 Å². The largest absolute Gasteiger partial charge is 0.229 e. The van der Waals surface area contributed by atoms with E-state index in [0.717, 1.165) is 5.92 Å². The molecule has 1 aliphatic carbocycles. The van der Waals surface area contributed by atoms with Crippen LogP contribution in [0, 0.1) is 5.92 Å². The average Bonchev–Trinajstić information content (AvgIpc) is 2.07. The summed E-state index contributed by atoms with van der Waals surface area (Å²) >= 11 is 4.58. The molecule has 0 heterocycles. The van der Waals surface area contributed by atoms with Crippen LogP contribution in [0.15, 0.2) is 4.99 Å². The molecule has 62 valence electrons. The number of rotatable bonds is 2. The van der Waals surface area contributed by atoms with Crippen LogP contribution in [0.4, 0.5) is 0 Å². The molecule has 1 aliphatic rings. The fourth-order valence-corrected chi connectivity index (χ4v) is 1.97. The summed E-state index contributed by atoms with van der Waals surface area (Å²) in [5, 5.41) is 2.47. The summed E-state index contributed by atoms with van der Waals surface area (Å²) in [6.07, 6.45) is 6.83. The molecule has 0 unspecified atom stereocenters. The van der Waals surface area contributed by atoms with Crippen molar-refractivity contribution in [3.8, 4) is 0 Å². The Bertz CT molecular complexity index is 155. The van der Waals surface area contributed by atoms with E-state index in [1.807, 2.05) is 0 Å². The summed E-state index contributed by atoms with van der Waals surface area (Å²) in [5.41, 5.74) is 0. The van der Waals surface area contributed by atoms with Gasteiger partial charge in [0.2, 0.25) is 0 Å². The van der Waals surface area contributed by atoms with Gasteiger partial charge in [0.25, 0.3) is 0 Å². The van der Waals surface area contributed by atoms with Gasteiger partial charge in [-0.2, -0.15) is 0 Å². The number of aliphatic imine (C=N–C) groups is 1. The van der Waals surface area contributed by atoms with Gasteiger partial charge in [-0.3, -0.25) is 0 Å². The highest BCUT2D eigenvalue weighted by Gasteiger charge is 2.18. The van der Waals surface area contributed by atoms with Gasteiger partial charge in [-0.25, -0.2) is 4.99 Å². The van der Waals surface area contributed by atoms with Gasteiger partial charge in [0.15, 0.2) is 0 Å². The van der Waals surface area contributed by atoms with Crippen molar-refractivity contribution in [1.82, 2.24) is 0 Å². The Morgan fingerprint density at radius 3 is 2.55 bits per heavy atom. The lowest BCUT2D eigenvalue weighted by Crippen LogP contribution is -2.17. The molecule has 2 heteroatoms. The Labute approximate surface area is 73.9 Å². The minimum Gasteiger partial charge on any atom is -0.229 e. The first-order valence-corrected chi connectivity index (χ1v) is 4.82. The van der Waals surface area contributed by atoms with Crippen molar-refractivity contribution in [2.45, 2.75) is 45.1 Å². The van der Waals surface area contributed by atoms with Gasteiger partial charge in [-0.05, 0) is 37.9 Å². The normalized spacial score (nSPS) is 22.3. The lowest BCUT2D eigenvalue weighted by Gasteiger charge is -2.23. The van der Waals surface area contributed by atoms with E-state index in [2.05, 4.69) is 29.3 Å². The zero-order chi connectivity index (χ0) is 8.10. The minimum atomic E-state index is 0.410. The average molecular weight is 169 g/mol. The van der Waals surface area contributed by atoms with Gasteiger partial charge in [0, 0.05) is 0 Å². The van der Waals surface area contributed by atoms with Gasteiger partial charge in [-0.1, -0.05) is 19.3 Å². The maximum atomic E-state index is 4.58. The Kier molecular flexibility index (Phi) is 3.74. The zero-order valence-electron chi connectivity index (χ0n) is 7.05. The maximum Gasteiger partial charge on any atom is 0.0602 e. The molecule has 1 saturated carbocycles. The lowest BCUT2D eigenvalue weighted by atomic mass is 9.85. The van der Waals surface area contributed by atoms with E-state index in [0.29, 0.717) is 6.04 Å². The summed E-state index contributed by atoms with van der Waals surface area (Å²) in [6.45, 7) is 2.15. The first-order valence-electron chi connectivity index (χ1n) is 4.41. The molecular weight excluding hydrogens is 154 g/mol. The van der Waals surface area contributed by atoms with Crippen LogP contribution < -0.4 is 0 Å². The van der Waals surface area contributed by atoms with Crippen LogP contribution in [-0.2, 0) is 0 Å². The Morgan fingerprint density at radius 2 is 2.00 bits per heavy atom. The summed E-state index contributed by atoms with van der Waals surface area (Å²) in [6, 6.07) is 0.410. The molecule has 0 bridgehead atoms. The zero-order valence-corrected chi connectivity index (χ0v) is 7.86. The quantitative estimate of drug-likeness (QED) is 0.457. The molecule has 0 aromatic rings. The number of hydrogen-bond donors (Lipinski definition) is 0. The molecule has 0 spiro atoms. The van der Waals surface area contributed by atoms with Gasteiger partial charge >= 0.3 is 0 Å². The van der Waals surface area contributed by atoms with E-state index in [9.17, 15) is 0 Å². The van der Waals surface area contributed by atoms with E-state index >= 15 is 0 Å².